The molecule has 0 unspecified atom stereocenters. The second-order valence-corrected chi connectivity index (χ2v) is 4.98. The van der Waals surface area contributed by atoms with Crippen molar-refractivity contribution in [3.05, 3.63) is 27.8 Å². The van der Waals surface area contributed by atoms with E-state index < -0.39 is 0 Å². The van der Waals surface area contributed by atoms with E-state index in [9.17, 15) is 10.1 Å². The predicted molar refractivity (Wildman–Crippen MR) is 71.4 cm³/mol. The zero-order valence-corrected chi connectivity index (χ0v) is 10.3. The van der Waals surface area contributed by atoms with Crippen LogP contribution in [0.4, 0.5) is 17.1 Å². The highest BCUT2D eigenvalue weighted by Crippen LogP contribution is 2.37. The number of anilines is 2. The maximum Gasteiger partial charge on any atom is 0.292 e. The molecule has 0 amide bonds. The summed E-state index contributed by atoms with van der Waals surface area (Å²) in [4.78, 5) is 13.1. The average Bonchev–Trinajstić information content (AvgIpc) is 2.85. The number of hydrogen-bond donors (Lipinski definition) is 1. The third kappa shape index (κ3) is 1.89. The molecule has 5 heteroatoms. The van der Waals surface area contributed by atoms with E-state index in [1.807, 2.05) is 6.07 Å². The Morgan fingerprint density at radius 2 is 2.00 bits per heavy atom. The van der Waals surface area contributed by atoms with E-state index in [-0.39, 0.29) is 10.6 Å². The Morgan fingerprint density at radius 3 is 2.72 bits per heavy atom. The summed E-state index contributed by atoms with van der Waals surface area (Å²) < 4.78 is 0. The normalized spacial score (nSPS) is 18.3. The first-order valence-corrected chi connectivity index (χ1v) is 6.56. The Morgan fingerprint density at radius 1 is 1.22 bits per heavy atom. The van der Waals surface area contributed by atoms with Crippen molar-refractivity contribution >= 4 is 17.1 Å². The Hall–Kier alpha value is -1.78. The van der Waals surface area contributed by atoms with Gasteiger partial charge in [0.15, 0.2) is 0 Å². The van der Waals surface area contributed by atoms with Gasteiger partial charge in [-0.15, -0.1) is 0 Å². The fourth-order valence-corrected chi connectivity index (χ4v) is 2.86. The van der Waals surface area contributed by atoms with Crippen LogP contribution in [0.25, 0.3) is 0 Å². The van der Waals surface area contributed by atoms with Gasteiger partial charge < -0.3 is 10.2 Å². The molecule has 2 heterocycles. The summed E-state index contributed by atoms with van der Waals surface area (Å²) in [6.07, 6.45) is 4.37. The summed E-state index contributed by atoms with van der Waals surface area (Å²) in [6, 6.07) is 3.71. The minimum atomic E-state index is -0.247. The first-order chi connectivity index (χ1) is 8.75. The second kappa shape index (κ2) is 4.48. The number of nitro groups is 1. The molecule has 0 atom stereocenters. The van der Waals surface area contributed by atoms with Crippen molar-refractivity contribution in [2.45, 2.75) is 25.7 Å². The van der Waals surface area contributed by atoms with Crippen LogP contribution in [0.3, 0.4) is 0 Å². The summed E-state index contributed by atoms with van der Waals surface area (Å²) in [5, 5.41) is 14.5. The minimum absolute atomic E-state index is 0.247. The highest BCUT2D eigenvalue weighted by molar-refractivity contribution is 5.74. The highest BCUT2D eigenvalue weighted by Gasteiger charge is 2.25. The SMILES string of the molecule is O=[N+]([O-])c1cc2c(cc1N1CCCCC1)NCC2. The number of nitrogens with one attached hydrogen (secondary N) is 1. The molecule has 1 saturated heterocycles. The zero-order valence-electron chi connectivity index (χ0n) is 10.3. The maximum atomic E-state index is 11.2. The van der Waals surface area contributed by atoms with Crippen LogP contribution in [-0.4, -0.2) is 24.6 Å². The lowest BCUT2D eigenvalue weighted by Crippen LogP contribution is -2.30. The number of nitro benzene ring substituents is 1. The van der Waals surface area contributed by atoms with E-state index in [0.717, 1.165) is 55.8 Å². The Kier molecular flexibility index (Phi) is 2.81. The van der Waals surface area contributed by atoms with Gasteiger partial charge in [0.2, 0.25) is 0 Å². The van der Waals surface area contributed by atoms with Crippen molar-refractivity contribution in [3.63, 3.8) is 0 Å². The molecule has 2 aliphatic heterocycles. The average molecular weight is 247 g/mol. The Bertz CT molecular complexity index is 481. The first kappa shape index (κ1) is 11.3. The van der Waals surface area contributed by atoms with Crippen LogP contribution >= 0.6 is 0 Å². The third-order valence-corrected chi connectivity index (χ3v) is 3.80. The van der Waals surface area contributed by atoms with Gasteiger partial charge in [-0.2, -0.15) is 0 Å². The van der Waals surface area contributed by atoms with Gasteiger partial charge in [0.05, 0.1) is 4.92 Å². The van der Waals surface area contributed by atoms with Crippen LogP contribution < -0.4 is 10.2 Å². The lowest BCUT2D eigenvalue weighted by molar-refractivity contribution is -0.384. The van der Waals surface area contributed by atoms with Gasteiger partial charge in [-0.1, -0.05) is 0 Å². The topological polar surface area (TPSA) is 58.4 Å². The van der Waals surface area contributed by atoms with Crippen molar-refractivity contribution in [1.29, 1.82) is 0 Å². The largest absolute Gasteiger partial charge is 0.384 e. The number of rotatable bonds is 2. The van der Waals surface area contributed by atoms with Crippen LogP contribution in [-0.2, 0) is 6.42 Å². The Balaban J connectivity index is 2.02. The van der Waals surface area contributed by atoms with Gasteiger partial charge in [-0.25, -0.2) is 0 Å². The van der Waals surface area contributed by atoms with Crippen molar-refractivity contribution < 1.29 is 4.92 Å². The summed E-state index contributed by atoms with van der Waals surface area (Å²) in [7, 11) is 0. The fraction of sp³-hybridized carbons (Fsp3) is 0.538. The lowest BCUT2D eigenvalue weighted by Gasteiger charge is -2.28. The van der Waals surface area contributed by atoms with E-state index in [1.165, 1.54) is 6.42 Å². The van der Waals surface area contributed by atoms with Crippen LogP contribution in [0, 0.1) is 10.1 Å². The smallest absolute Gasteiger partial charge is 0.292 e. The van der Waals surface area contributed by atoms with E-state index >= 15 is 0 Å². The molecule has 1 aromatic rings. The molecule has 1 fully saturated rings. The van der Waals surface area contributed by atoms with Gasteiger partial charge in [0, 0.05) is 31.4 Å². The summed E-state index contributed by atoms with van der Waals surface area (Å²) in [5.74, 6) is 0. The molecule has 0 bridgehead atoms. The number of piperidine rings is 1. The van der Waals surface area contributed by atoms with Gasteiger partial charge in [-0.05, 0) is 37.3 Å². The van der Waals surface area contributed by atoms with Crippen molar-refractivity contribution in [2.24, 2.45) is 0 Å². The third-order valence-electron chi connectivity index (χ3n) is 3.80. The molecule has 0 aromatic heterocycles. The Labute approximate surface area is 106 Å². The second-order valence-electron chi connectivity index (χ2n) is 4.98. The van der Waals surface area contributed by atoms with E-state index in [4.69, 9.17) is 0 Å². The van der Waals surface area contributed by atoms with E-state index in [0.29, 0.717) is 0 Å². The molecule has 1 N–H and O–H groups in total. The molecule has 96 valence electrons. The van der Waals surface area contributed by atoms with Crippen molar-refractivity contribution in [1.82, 2.24) is 0 Å². The monoisotopic (exact) mass is 247 g/mol. The van der Waals surface area contributed by atoms with E-state index in [1.54, 1.807) is 6.07 Å². The molecule has 0 saturated carbocycles. The lowest BCUT2D eigenvalue weighted by atomic mass is 10.1. The maximum absolute atomic E-state index is 11.2. The van der Waals surface area contributed by atoms with Crippen LogP contribution in [0.1, 0.15) is 24.8 Å². The molecule has 2 aliphatic rings. The number of nitrogens with zero attached hydrogens (tertiary/aromatic N) is 2. The van der Waals surface area contributed by atoms with Gasteiger partial charge >= 0.3 is 0 Å². The molecule has 0 spiro atoms. The zero-order chi connectivity index (χ0) is 12.5. The molecule has 5 nitrogen and oxygen atoms in total. The summed E-state index contributed by atoms with van der Waals surface area (Å²) in [6.45, 7) is 2.75. The first-order valence-electron chi connectivity index (χ1n) is 6.56. The minimum Gasteiger partial charge on any atom is -0.384 e. The van der Waals surface area contributed by atoms with Crippen LogP contribution in [0.15, 0.2) is 12.1 Å². The number of fused-ring (bicyclic) bond motifs is 1. The highest BCUT2D eigenvalue weighted by atomic mass is 16.6. The molecular weight excluding hydrogens is 230 g/mol. The molecule has 3 rings (SSSR count). The molecule has 0 radical (unpaired) electrons. The van der Waals surface area contributed by atoms with Gasteiger partial charge in [-0.3, -0.25) is 10.1 Å². The molecule has 1 aromatic carbocycles. The van der Waals surface area contributed by atoms with Crippen LogP contribution in [0.2, 0.25) is 0 Å². The standard InChI is InChI=1S/C13H17N3O2/c17-16(18)13-8-10-4-5-14-11(10)9-12(13)15-6-2-1-3-7-15/h8-9,14H,1-7H2. The van der Waals surface area contributed by atoms with E-state index in [2.05, 4.69) is 10.2 Å². The van der Waals surface area contributed by atoms with Crippen molar-refractivity contribution in [3.8, 4) is 0 Å². The molecule has 0 aliphatic carbocycles. The number of benzene rings is 1. The molecule has 18 heavy (non-hydrogen) atoms. The van der Waals surface area contributed by atoms with Crippen LogP contribution in [0.5, 0.6) is 0 Å². The molecular formula is C13H17N3O2. The summed E-state index contributed by atoms with van der Waals surface area (Å²) >= 11 is 0. The van der Waals surface area contributed by atoms with Gasteiger partial charge in [0.25, 0.3) is 5.69 Å². The quantitative estimate of drug-likeness (QED) is 0.644. The van der Waals surface area contributed by atoms with Gasteiger partial charge in [0.1, 0.15) is 5.69 Å². The summed E-state index contributed by atoms with van der Waals surface area (Å²) in [5.41, 5.74) is 3.19. The number of hydrogen-bond acceptors (Lipinski definition) is 4. The fourth-order valence-electron chi connectivity index (χ4n) is 2.86. The predicted octanol–water partition coefficient (Wildman–Crippen LogP) is 2.55. The van der Waals surface area contributed by atoms with Crippen molar-refractivity contribution in [2.75, 3.05) is 29.9 Å².